The van der Waals surface area contributed by atoms with Gasteiger partial charge in [-0.1, -0.05) is 26.7 Å². The molecule has 0 spiro atoms. The standard InChI is InChI=1S/C13H21N3O/c1-8-5-4-6-11(9(8)2)16-12-7-13(17)15-10(3)14-12/h7-9,11H,4-6H2,1-3H3,(H2,14,15,16,17). The molecule has 1 saturated carbocycles. The van der Waals surface area contributed by atoms with Gasteiger partial charge in [0.15, 0.2) is 0 Å². The van der Waals surface area contributed by atoms with Crippen LogP contribution < -0.4 is 10.9 Å². The number of H-pyrrole nitrogens is 1. The van der Waals surface area contributed by atoms with Gasteiger partial charge in [-0.3, -0.25) is 4.79 Å². The third kappa shape index (κ3) is 2.87. The fourth-order valence-electron chi connectivity index (χ4n) is 2.63. The highest BCUT2D eigenvalue weighted by atomic mass is 16.1. The molecule has 4 nitrogen and oxygen atoms in total. The number of hydrogen-bond donors (Lipinski definition) is 2. The summed E-state index contributed by atoms with van der Waals surface area (Å²) in [7, 11) is 0. The minimum atomic E-state index is -0.0866. The number of aromatic amines is 1. The number of anilines is 1. The van der Waals surface area contributed by atoms with Crippen LogP contribution in [0.4, 0.5) is 5.82 Å². The van der Waals surface area contributed by atoms with Crippen LogP contribution in [0.5, 0.6) is 0 Å². The van der Waals surface area contributed by atoms with Crippen LogP contribution in [0.1, 0.15) is 38.9 Å². The lowest BCUT2D eigenvalue weighted by molar-refractivity contribution is 0.253. The van der Waals surface area contributed by atoms with Gasteiger partial charge in [0.1, 0.15) is 11.6 Å². The van der Waals surface area contributed by atoms with Gasteiger partial charge in [0.05, 0.1) is 0 Å². The molecule has 1 aromatic heterocycles. The summed E-state index contributed by atoms with van der Waals surface area (Å²) in [5.41, 5.74) is -0.0866. The van der Waals surface area contributed by atoms with Crippen molar-refractivity contribution >= 4 is 5.82 Å². The number of nitrogens with zero attached hydrogens (tertiary/aromatic N) is 1. The largest absolute Gasteiger partial charge is 0.367 e. The first-order valence-corrected chi connectivity index (χ1v) is 6.41. The maximum Gasteiger partial charge on any atom is 0.252 e. The zero-order chi connectivity index (χ0) is 12.4. The Balaban J connectivity index is 2.12. The van der Waals surface area contributed by atoms with E-state index in [1.54, 1.807) is 13.0 Å². The Morgan fingerprint density at radius 3 is 2.88 bits per heavy atom. The highest BCUT2D eigenvalue weighted by molar-refractivity contribution is 5.34. The molecule has 3 unspecified atom stereocenters. The van der Waals surface area contributed by atoms with E-state index in [9.17, 15) is 4.79 Å². The molecule has 2 rings (SSSR count). The molecule has 1 fully saturated rings. The van der Waals surface area contributed by atoms with Crippen molar-refractivity contribution in [2.24, 2.45) is 11.8 Å². The summed E-state index contributed by atoms with van der Waals surface area (Å²) in [4.78, 5) is 18.3. The molecule has 0 saturated heterocycles. The van der Waals surface area contributed by atoms with Crippen molar-refractivity contribution in [3.8, 4) is 0 Å². The second-order valence-electron chi connectivity index (χ2n) is 5.23. The highest BCUT2D eigenvalue weighted by Crippen LogP contribution is 2.30. The van der Waals surface area contributed by atoms with Gasteiger partial charge < -0.3 is 10.3 Å². The molecule has 94 valence electrons. The quantitative estimate of drug-likeness (QED) is 0.827. The first-order valence-electron chi connectivity index (χ1n) is 6.41. The molecule has 1 aliphatic carbocycles. The lowest BCUT2D eigenvalue weighted by Gasteiger charge is -2.34. The number of rotatable bonds is 2. The van der Waals surface area contributed by atoms with Crippen LogP contribution >= 0.6 is 0 Å². The molecule has 0 amide bonds. The zero-order valence-corrected chi connectivity index (χ0v) is 10.8. The molecule has 1 aliphatic rings. The van der Waals surface area contributed by atoms with Crippen LogP contribution in [0.15, 0.2) is 10.9 Å². The summed E-state index contributed by atoms with van der Waals surface area (Å²) in [5, 5.41) is 3.41. The minimum Gasteiger partial charge on any atom is -0.367 e. The summed E-state index contributed by atoms with van der Waals surface area (Å²) in [6.07, 6.45) is 3.73. The number of aryl methyl sites for hydroxylation is 1. The van der Waals surface area contributed by atoms with Gasteiger partial charge in [0.2, 0.25) is 0 Å². The average molecular weight is 235 g/mol. The van der Waals surface area contributed by atoms with E-state index >= 15 is 0 Å². The van der Waals surface area contributed by atoms with E-state index in [4.69, 9.17) is 0 Å². The van der Waals surface area contributed by atoms with Crippen LogP contribution in [0.3, 0.4) is 0 Å². The number of nitrogens with one attached hydrogen (secondary N) is 2. The Morgan fingerprint density at radius 1 is 1.41 bits per heavy atom. The fraction of sp³-hybridized carbons (Fsp3) is 0.692. The van der Waals surface area contributed by atoms with Crippen LogP contribution in [-0.4, -0.2) is 16.0 Å². The van der Waals surface area contributed by atoms with E-state index in [-0.39, 0.29) is 5.56 Å². The second-order valence-corrected chi connectivity index (χ2v) is 5.23. The molecule has 1 aromatic rings. The van der Waals surface area contributed by atoms with Crippen LogP contribution in [0.25, 0.3) is 0 Å². The predicted molar refractivity (Wildman–Crippen MR) is 69.2 cm³/mol. The van der Waals surface area contributed by atoms with Crippen molar-refractivity contribution in [2.75, 3.05) is 5.32 Å². The monoisotopic (exact) mass is 235 g/mol. The predicted octanol–water partition coefficient (Wildman–Crippen LogP) is 2.31. The van der Waals surface area contributed by atoms with Crippen molar-refractivity contribution in [2.45, 2.75) is 46.1 Å². The van der Waals surface area contributed by atoms with Gasteiger partial charge in [-0.05, 0) is 25.2 Å². The molecular weight excluding hydrogens is 214 g/mol. The molecule has 0 aromatic carbocycles. The van der Waals surface area contributed by atoms with Gasteiger partial charge in [-0.15, -0.1) is 0 Å². The first-order chi connectivity index (χ1) is 8.06. The van der Waals surface area contributed by atoms with Crippen molar-refractivity contribution in [3.05, 3.63) is 22.2 Å². The molecule has 17 heavy (non-hydrogen) atoms. The number of aromatic nitrogens is 2. The van der Waals surface area contributed by atoms with Gasteiger partial charge in [-0.25, -0.2) is 4.98 Å². The van der Waals surface area contributed by atoms with E-state index in [1.165, 1.54) is 19.3 Å². The van der Waals surface area contributed by atoms with Gasteiger partial charge in [-0.2, -0.15) is 0 Å². The topological polar surface area (TPSA) is 57.8 Å². The summed E-state index contributed by atoms with van der Waals surface area (Å²) in [6.45, 7) is 6.38. The lowest BCUT2D eigenvalue weighted by Crippen LogP contribution is -2.35. The molecular formula is C13H21N3O. The van der Waals surface area contributed by atoms with Crippen molar-refractivity contribution in [3.63, 3.8) is 0 Å². The smallest absolute Gasteiger partial charge is 0.252 e. The van der Waals surface area contributed by atoms with Gasteiger partial charge in [0.25, 0.3) is 5.56 Å². The van der Waals surface area contributed by atoms with E-state index in [1.807, 2.05) is 0 Å². The number of hydrogen-bond acceptors (Lipinski definition) is 3. The Hall–Kier alpha value is -1.32. The molecule has 0 aliphatic heterocycles. The Bertz CT molecular complexity index is 441. The Labute approximate surface area is 102 Å². The Morgan fingerprint density at radius 2 is 2.18 bits per heavy atom. The molecule has 2 N–H and O–H groups in total. The SMILES string of the molecule is Cc1nc(NC2CCCC(C)C2C)cc(=O)[nH]1. The normalized spacial score (nSPS) is 29.0. The first kappa shape index (κ1) is 12.1. The van der Waals surface area contributed by atoms with Crippen molar-refractivity contribution in [1.82, 2.24) is 9.97 Å². The molecule has 0 bridgehead atoms. The summed E-state index contributed by atoms with van der Waals surface area (Å²) >= 11 is 0. The van der Waals surface area contributed by atoms with Crippen LogP contribution in [-0.2, 0) is 0 Å². The maximum absolute atomic E-state index is 11.4. The van der Waals surface area contributed by atoms with Gasteiger partial charge in [0, 0.05) is 12.1 Å². The van der Waals surface area contributed by atoms with E-state index in [0.717, 1.165) is 5.92 Å². The van der Waals surface area contributed by atoms with E-state index in [2.05, 4.69) is 29.1 Å². The highest BCUT2D eigenvalue weighted by Gasteiger charge is 2.27. The second kappa shape index (κ2) is 4.90. The molecule has 4 heteroatoms. The van der Waals surface area contributed by atoms with E-state index < -0.39 is 0 Å². The van der Waals surface area contributed by atoms with Crippen molar-refractivity contribution in [1.29, 1.82) is 0 Å². The third-order valence-electron chi connectivity index (χ3n) is 3.90. The fourth-order valence-corrected chi connectivity index (χ4v) is 2.63. The Kier molecular flexibility index (Phi) is 3.50. The zero-order valence-electron chi connectivity index (χ0n) is 10.8. The van der Waals surface area contributed by atoms with Crippen LogP contribution in [0.2, 0.25) is 0 Å². The average Bonchev–Trinajstić information content (AvgIpc) is 2.23. The maximum atomic E-state index is 11.4. The minimum absolute atomic E-state index is 0.0866. The molecule has 1 heterocycles. The molecule has 3 atom stereocenters. The van der Waals surface area contributed by atoms with Gasteiger partial charge >= 0.3 is 0 Å². The van der Waals surface area contributed by atoms with Crippen LogP contribution in [0, 0.1) is 18.8 Å². The summed E-state index contributed by atoms with van der Waals surface area (Å²) < 4.78 is 0. The lowest BCUT2D eigenvalue weighted by atomic mass is 9.78. The van der Waals surface area contributed by atoms with Crippen molar-refractivity contribution < 1.29 is 0 Å². The summed E-state index contributed by atoms with van der Waals surface area (Å²) in [5.74, 6) is 2.74. The molecule has 0 radical (unpaired) electrons. The van der Waals surface area contributed by atoms with E-state index in [0.29, 0.717) is 23.6 Å². The summed E-state index contributed by atoms with van der Waals surface area (Å²) in [6, 6.07) is 1.98. The third-order valence-corrected chi connectivity index (χ3v) is 3.90.